The highest BCUT2D eigenvalue weighted by Gasteiger charge is 2.40. The number of ether oxygens (including phenoxy) is 1. The van der Waals surface area contributed by atoms with E-state index < -0.39 is 23.7 Å². The summed E-state index contributed by atoms with van der Waals surface area (Å²) in [6, 6.07) is 12.4. The Kier molecular flexibility index (Phi) is 5.47. The van der Waals surface area contributed by atoms with Crippen LogP contribution in [-0.2, 0) is 15.5 Å². The van der Waals surface area contributed by atoms with Gasteiger partial charge in [0.15, 0.2) is 5.92 Å². The lowest BCUT2D eigenvalue weighted by atomic mass is 9.96. The second kappa shape index (κ2) is 8.09. The molecule has 1 N–H and O–H groups in total. The number of carbonyl (C=O) groups is 2. The highest BCUT2D eigenvalue weighted by molar-refractivity contribution is 6.28. The van der Waals surface area contributed by atoms with Crippen LogP contribution in [0.25, 0.3) is 0 Å². The average molecular weight is 427 g/mol. The predicted molar refractivity (Wildman–Crippen MR) is 113 cm³/mol. The molecule has 4 rings (SSSR count). The standard InChI is InChI=1S/C23H23F2N3O3/c1-14-20(21(29)26-16-6-3-5-15(13-16)23(2,24)25)22(30)28(27-14)17-9-11-19(12-10-17)31-18-7-4-8-18/h3,5-6,9-13,18,20H,4,7-8H2,1-2H3,(H,26,29). The molecular formula is C23H23F2N3O3. The van der Waals surface area contributed by atoms with E-state index in [0.717, 1.165) is 25.5 Å². The summed E-state index contributed by atoms with van der Waals surface area (Å²) in [4.78, 5) is 25.6. The van der Waals surface area contributed by atoms with Gasteiger partial charge in [0, 0.05) is 18.2 Å². The fourth-order valence-corrected chi connectivity index (χ4v) is 3.48. The smallest absolute Gasteiger partial charge is 0.270 e. The van der Waals surface area contributed by atoms with E-state index in [2.05, 4.69) is 10.4 Å². The molecule has 2 aromatic rings. The van der Waals surface area contributed by atoms with Crippen LogP contribution in [0.4, 0.5) is 20.2 Å². The molecule has 0 spiro atoms. The molecular weight excluding hydrogens is 404 g/mol. The zero-order chi connectivity index (χ0) is 22.2. The van der Waals surface area contributed by atoms with Crippen molar-refractivity contribution in [2.45, 2.75) is 45.1 Å². The van der Waals surface area contributed by atoms with Crippen LogP contribution < -0.4 is 15.1 Å². The first-order valence-corrected chi connectivity index (χ1v) is 10.2. The van der Waals surface area contributed by atoms with Crippen LogP contribution in [0.5, 0.6) is 5.75 Å². The molecule has 1 unspecified atom stereocenters. The minimum Gasteiger partial charge on any atom is -0.490 e. The summed E-state index contributed by atoms with van der Waals surface area (Å²) in [5.41, 5.74) is 0.822. The molecule has 1 aliphatic heterocycles. The Bertz CT molecular complexity index is 1030. The van der Waals surface area contributed by atoms with Crippen LogP contribution in [0.1, 0.15) is 38.7 Å². The van der Waals surface area contributed by atoms with Crippen LogP contribution in [0.2, 0.25) is 0 Å². The lowest BCUT2D eigenvalue weighted by Crippen LogP contribution is -2.36. The Hall–Kier alpha value is -3.29. The Balaban J connectivity index is 1.45. The number of hydrogen-bond acceptors (Lipinski definition) is 4. The molecule has 1 aliphatic carbocycles. The number of halogens is 2. The Labute approximate surface area is 178 Å². The molecule has 1 fully saturated rings. The topological polar surface area (TPSA) is 71.0 Å². The van der Waals surface area contributed by atoms with E-state index in [0.29, 0.717) is 11.4 Å². The molecule has 6 nitrogen and oxygen atoms in total. The van der Waals surface area contributed by atoms with Gasteiger partial charge in [0.05, 0.1) is 17.5 Å². The number of alkyl halides is 2. The van der Waals surface area contributed by atoms with Crippen LogP contribution in [0, 0.1) is 5.92 Å². The lowest BCUT2D eigenvalue weighted by Gasteiger charge is -2.26. The summed E-state index contributed by atoms with van der Waals surface area (Å²) >= 11 is 0. The van der Waals surface area contributed by atoms with Gasteiger partial charge in [-0.1, -0.05) is 12.1 Å². The zero-order valence-electron chi connectivity index (χ0n) is 17.3. The SMILES string of the molecule is CC1=NN(c2ccc(OC3CCC3)cc2)C(=O)C1C(=O)Nc1cccc(C(C)(F)F)c1. The van der Waals surface area contributed by atoms with Gasteiger partial charge in [-0.25, -0.2) is 8.78 Å². The summed E-state index contributed by atoms with van der Waals surface area (Å²) in [7, 11) is 0. The van der Waals surface area contributed by atoms with Gasteiger partial charge >= 0.3 is 0 Å². The fourth-order valence-electron chi connectivity index (χ4n) is 3.48. The van der Waals surface area contributed by atoms with Gasteiger partial charge in [-0.05, 0) is 62.6 Å². The Morgan fingerprint density at radius 3 is 2.52 bits per heavy atom. The molecule has 0 bridgehead atoms. The normalized spacial score (nSPS) is 19.1. The van der Waals surface area contributed by atoms with E-state index in [1.54, 1.807) is 31.2 Å². The summed E-state index contributed by atoms with van der Waals surface area (Å²) in [5, 5.41) is 7.97. The third-order valence-electron chi connectivity index (χ3n) is 5.47. The van der Waals surface area contributed by atoms with Crippen molar-refractivity contribution in [3.8, 4) is 5.75 Å². The van der Waals surface area contributed by atoms with Crippen molar-refractivity contribution in [2.24, 2.45) is 11.0 Å². The van der Waals surface area contributed by atoms with Crippen molar-refractivity contribution in [3.05, 3.63) is 54.1 Å². The second-order valence-electron chi connectivity index (χ2n) is 7.95. The number of carbonyl (C=O) groups excluding carboxylic acids is 2. The molecule has 0 saturated heterocycles. The molecule has 162 valence electrons. The van der Waals surface area contributed by atoms with Crippen LogP contribution >= 0.6 is 0 Å². The van der Waals surface area contributed by atoms with Crippen LogP contribution in [0.3, 0.4) is 0 Å². The van der Waals surface area contributed by atoms with E-state index in [9.17, 15) is 18.4 Å². The molecule has 31 heavy (non-hydrogen) atoms. The first-order valence-electron chi connectivity index (χ1n) is 10.2. The predicted octanol–water partition coefficient (Wildman–Crippen LogP) is 4.71. The monoisotopic (exact) mass is 427 g/mol. The minimum absolute atomic E-state index is 0.195. The van der Waals surface area contributed by atoms with E-state index in [-0.39, 0.29) is 17.4 Å². The van der Waals surface area contributed by atoms with Gasteiger partial charge in [-0.15, -0.1) is 0 Å². The number of hydrogen-bond donors (Lipinski definition) is 1. The van der Waals surface area contributed by atoms with Crippen LogP contribution in [-0.4, -0.2) is 23.6 Å². The number of rotatable bonds is 6. The van der Waals surface area contributed by atoms with E-state index >= 15 is 0 Å². The highest BCUT2D eigenvalue weighted by atomic mass is 19.3. The lowest BCUT2D eigenvalue weighted by molar-refractivity contribution is -0.127. The maximum atomic E-state index is 13.6. The molecule has 0 radical (unpaired) electrons. The van der Waals surface area contributed by atoms with E-state index in [1.165, 1.54) is 35.7 Å². The third kappa shape index (κ3) is 4.42. The van der Waals surface area contributed by atoms with Crippen molar-refractivity contribution >= 4 is 28.9 Å². The third-order valence-corrected chi connectivity index (χ3v) is 5.47. The zero-order valence-corrected chi connectivity index (χ0v) is 17.3. The maximum absolute atomic E-state index is 13.6. The Morgan fingerprint density at radius 2 is 1.90 bits per heavy atom. The first kappa shape index (κ1) is 21.0. The highest BCUT2D eigenvalue weighted by Crippen LogP contribution is 2.31. The molecule has 1 atom stereocenters. The van der Waals surface area contributed by atoms with E-state index in [1.807, 2.05) is 0 Å². The van der Waals surface area contributed by atoms with Gasteiger partial charge in [-0.2, -0.15) is 10.1 Å². The minimum atomic E-state index is -3.04. The average Bonchev–Trinajstić information content (AvgIpc) is 2.99. The molecule has 2 aromatic carbocycles. The number of hydrazone groups is 1. The molecule has 1 heterocycles. The van der Waals surface area contributed by atoms with Gasteiger partial charge in [0.1, 0.15) is 5.75 Å². The van der Waals surface area contributed by atoms with Crippen molar-refractivity contribution in [1.82, 2.24) is 0 Å². The van der Waals surface area contributed by atoms with Crippen molar-refractivity contribution < 1.29 is 23.1 Å². The molecule has 1 saturated carbocycles. The summed E-state index contributed by atoms with van der Waals surface area (Å²) in [5.74, 6) is -4.55. The summed E-state index contributed by atoms with van der Waals surface area (Å²) in [6.07, 6.45) is 3.52. The van der Waals surface area contributed by atoms with Crippen molar-refractivity contribution in [3.63, 3.8) is 0 Å². The Morgan fingerprint density at radius 1 is 1.19 bits per heavy atom. The quantitative estimate of drug-likeness (QED) is 0.679. The second-order valence-corrected chi connectivity index (χ2v) is 7.95. The van der Waals surface area contributed by atoms with Gasteiger partial charge in [0.25, 0.3) is 11.8 Å². The van der Waals surface area contributed by atoms with Crippen LogP contribution in [0.15, 0.2) is 53.6 Å². The summed E-state index contributed by atoms with van der Waals surface area (Å²) < 4.78 is 32.9. The number of amides is 2. The number of nitrogens with one attached hydrogen (secondary N) is 1. The maximum Gasteiger partial charge on any atom is 0.270 e. The van der Waals surface area contributed by atoms with Gasteiger partial charge < -0.3 is 10.1 Å². The number of nitrogens with zero attached hydrogens (tertiary/aromatic N) is 2. The first-order chi connectivity index (χ1) is 14.7. The number of anilines is 2. The van der Waals surface area contributed by atoms with Gasteiger partial charge in [-0.3, -0.25) is 9.59 Å². The molecule has 2 aliphatic rings. The fraction of sp³-hybridized carbons (Fsp3) is 0.348. The summed E-state index contributed by atoms with van der Waals surface area (Å²) in [6.45, 7) is 2.37. The molecule has 0 aromatic heterocycles. The van der Waals surface area contributed by atoms with Gasteiger partial charge in [0.2, 0.25) is 5.91 Å². The molecule has 8 heteroatoms. The molecule has 2 amide bonds. The van der Waals surface area contributed by atoms with Crippen molar-refractivity contribution in [1.29, 1.82) is 0 Å². The largest absolute Gasteiger partial charge is 0.490 e. The van der Waals surface area contributed by atoms with E-state index in [4.69, 9.17) is 4.74 Å². The van der Waals surface area contributed by atoms with Crippen molar-refractivity contribution in [2.75, 3.05) is 10.3 Å². The number of benzene rings is 2.